The van der Waals surface area contributed by atoms with Gasteiger partial charge in [-0.2, -0.15) is 13.2 Å². The number of halogens is 4. The van der Waals surface area contributed by atoms with Gasteiger partial charge in [0.05, 0.1) is 0 Å². The second-order valence-corrected chi connectivity index (χ2v) is 1.99. The average Bonchev–Trinajstić information content (AvgIpc) is 1.85. The first-order valence-corrected chi connectivity index (χ1v) is 2.98. The summed E-state index contributed by atoms with van der Waals surface area (Å²) in [7, 11) is 0. The standard InChI is InChI=1S/C7H6F3N.ClH/c8-7(9,10)11-6-4-2-1-3-5-6;/h1-5,11H;1H. The fraction of sp³-hybridized carbons (Fsp3) is 0.143. The molecule has 5 heteroatoms. The summed E-state index contributed by atoms with van der Waals surface area (Å²) >= 11 is 0. The van der Waals surface area contributed by atoms with E-state index >= 15 is 0 Å². The molecule has 1 nitrogen and oxygen atoms in total. The summed E-state index contributed by atoms with van der Waals surface area (Å²) in [5.41, 5.74) is 0.0556. The van der Waals surface area contributed by atoms with Crippen LogP contribution < -0.4 is 5.32 Å². The zero-order valence-corrected chi connectivity index (χ0v) is 6.75. The molecule has 0 spiro atoms. The highest BCUT2D eigenvalue weighted by Gasteiger charge is 2.26. The second-order valence-electron chi connectivity index (χ2n) is 1.99. The Hall–Kier alpha value is -0.900. The Morgan fingerprint density at radius 3 is 1.92 bits per heavy atom. The molecule has 0 amide bonds. The van der Waals surface area contributed by atoms with Crippen molar-refractivity contribution in [1.29, 1.82) is 0 Å². The average molecular weight is 198 g/mol. The Bertz CT molecular complexity index is 222. The lowest BCUT2D eigenvalue weighted by Crippen LogP contribution is -2.20. The van der Waals surface area contributed by atoms with Crippen LogP contribution >= 0.6 is 12.4 Å². The Balaban J connectivity index is 0.00000121. The van der Waals surface area contributed by atoms with Crippen LogP contribution in [0.4, 0.5) is 18.9 Å². The lowest BCUT2D eigenvalue weighted by molar-refractivity contribution is -0.0999. The first-order chi connectivity index (χ1) is 5.08. The van der Waals surface area contributed by atoms with Crippen molar-refractivity contribution in [3.63, 3.8) is 0 Å². The number of rotatable bonds is 1. The maximum absolute atomic E-state index is 11.6. The van der Waals surface area contributed by atoms with Gasteiger partial charge in [-0.25, -0.2) is 0 Å². The quantitative estimate of drug-likeness (QED) is 0.683. The Kier molecular flexibility index (Phi) is 3.89. The Labute approximate surface area is 74.0 Å². The van der Waals surface area contributed by atoms with Crippen LogP contribution in [-0.4, -0.2) is 6.30 Å². The molecule has 0 aliphatic carbocycles. The first kappa shape index (κ1) is 11.1. The minimum atomic E-state index is -4.35. The van der Waals surface area contributed by atoms with E-state index in [1.54, 1.807) is 6.07 Å². The molecule has 68 valence electrons. The number of benzene rings is 1. The molecule has 0 saturated heterocycles. The predicted octanol–water partition coefficient (Wildman–Crippen LogP) is 3.04. The minimum absolute atomic E-state index is 0. The second kappa shape index (κ2) is 4.21. The summed E-state index contributed by atoms with van der Waals surface area (Å²) in [6.07, 6.45) is -4.35. The van der Waals surface area contributed by atoms with Gasteiger partial charge in [-0.05, 0) is 12.1 Å². The third kappa shape index (κ3) is 4.08. The van der Waals surface area contributed by atoms with Gasteiger partial charge in [-0.1, -0.05) is 18.2 Å². The Morgan fingerprint density at radius 2 is 1.50 bits per heavy atom. The SMILES string of the molecule is Cl.FC(F)(F)Nc1ccccc1. The first-order valence-electron chi connectivity index (χ1n) is 2.98. The monoisotopic (exact) mass is 197 g/mol. The number of para-hydroxylation sites is 1. The molecule has 0 aliphatic rings. The van der Waals surface area contributed by atoms with Gasteiger partial charge in [0.1, 0.15) is 0 Å². The molecule has 1 aromatic rings. The predicted molar refractivity (Wildman–Crippen MR) is 43.4 cm³/mol. The zero-order valence-electron chi connectivity index (χ0n) is 5.93. The van der Waals surface area contributed by atoms with E-state index in [-0.39, 0.29) is 18.1 Å². The van der Waals surface area contributed by atoms with E-state index in [4.69, 9.17) is 0 Å². The van der Waals surface area contributed by atoms with E-state index in [0.717, 1.165) is 0 Å². The molecule has 1 N–H and O–H groups in total. The van der Waals surface area contributed by atoms with Crippen LogP contribution in [-0.2, 0) is 0 Å². The lowest BCUT2D eigenvalue weighted by Gasteiger charge is -2.08. The van der Waals surface area contributed by atoms with E-state index in [1.807, 2.05) is 0 Å². The normalized spacial score (nSPS) is 10.2. The van der Waals surface area contributed by atoms with E-state index in [0.29, 0.717) is 0 Å². The highest BCUT2D eigenvalue weighted by molar-refractivity contribution is 5.85. The van der Waals surface area contributed by atoms with E-state index < -0.39 is 6.30 Å². The van der Waals surface area contributed by atoms with E-state index in [9.17, 15) is 13.2 Å². The summed E-state index contributed by atoms with van der Waals surface area (Å²) in [5.74, 6) is 0. The van der Waals surface area contributed by atoms with Crippen LogP contribution in [0.2, 0.25) is 0 Å². The van der Waals surface area contributed by atoms with E-state index in [1.165, 1.54) is 29.6 Å². The Morgan fingerprint density at radius 1 is 1.00 bits per heavy atom. The van der Waals surface area contributed by atoms with Gasteiger partial charge in [0.15, 0.2) is 0 Å². The number of alkyl halides is 3. The molecule has 0 bridgehead atoms. The van der Waals surface area contributed by atoms with Crippen molar-refractivity contribution in [3.05, 3.63) is 30.3 Å². The maximum Gasteiger partial charge on any atom is 0.482 e. The summed E-state index contributed by atoms with van der Waals surface area (Å²) in [6, 6.07) is 7.44. The summed E-state index contributed by atoms with van der Waals surface area (Å²) < 4.78 is 34.9. The number of hydrogen-bond donors (Lipinski definition) is 1. The zero-order chi connectivity index (χ0) is 8.32. The van der Waals surface area contributed by atoms with Crippen LogP contribution in [0.5, 0.6) is 0 Å². The summed E-state index contributed by atoms with van der Waals surface area (Å²) in [6.45, 7) is 0. The molecule has 0 atom stereocenters. The minimum Gasteiger partial charge on any atom is -0.298 e. The lowest BCUT2D eigenvalue weighted by atomic mass is 10.3. The fourth-order valence-electron chi connectivity index (χ4n) is 0.685. The van der Waals surface area contributed by atoms with Gasteiger partial charge >= 0.3 is 6.30 Å². The molecular formula is C7H7ClF3N. The topological polar surface area (TPSA) is 12.0 Å². The molecule has 0 radical (unpaired) electrons. The number of nitrogens with one attached hydrogen (secondary N) is 1. The van der Waals surface area contributed by atoms with Crippen LogP contribution in [0.15, 0.2) is 30.3 Å². The number of hydrogen-bond acceptors (Lipinski definition) is 1. The van der Waals surface area contributed by atoms with Crippen molar-refractivity contribution in [2.75, 3.05) is 5.32 Å². The molecule has 0 aromatic heterocycles. The molecule has 0 heterocycles. The van der Waals surface area contributed by atoms with Gasteiger partial charge in [-0.15, -0.1) is 12.4 Å². The maximum atomic E-state index is 11.6. The van der Waals surface area contributed by atoms with Crippen LogP contribution in [0, 0.1) is 0 Å². The summed E-state index contributed by atoms with van der Waals surface area (Å²) in [4.78, 5) is 0. The molecule has 12 heavy (non-hydrogen) atoms. The van der Waals surface area contributed by atoms with Gasteiger partial charge < -0.3 is 0 Å². The highest BCUT2D eigenvalue weighted by atomic mass is 35.5. The molecule has 1 aromatic carbocycles. The molecule has 1 rings (SSSR count). The third-order valence-electron chi connectivity index (χ3n) is 1.06. The molecule has 0 fully saturated rings. The van der Waals surface area contributed by atoms with Crippen molar-refractivity contribution < 1.29 is 13.2 Å². The van der Waals surface area contributed by atoms with Gasteiger partial charge in [0.25, 0.3) is 0 Å². The molecular weight excluding hydrogens is 191 g/mol. The fourth-order valence-corrected chi connectivity index (χ4v) is 0.685. The van der Waals surface area contributed by atoms with Crippen molar-refractivity contribution in [3.8, 4) is 0 Å². The van der Waals surface area contributed by atoms with Crippen molar-refractivity contribution in [2.24, 2.45) is 0 Å². The summed E-state index contributed by atoms with van der Waals surface area (Å²) in [5, 5.41) is 1.38. The van der Waals surface area contributed by atoms with Crippen LogP contribution in [0.1, 0.15) is 0 Å². The number of anilines is 1. The van der Waals surface area contributed by atoms with E-state index in [2.05, 4.69) is 0 Å². The third-order valence-corrected chi connectivity index (χ3v) is 1.06. The van der Waals surface area contributed by atoms with Gasteiger partial charge in [-0.3, -0.25) is 5.32 Å². The van der Waals surface area contributed by atoms with Crippen molar-refractivity contribution >= 4 is 18.1 Å². The van der Waals surface area contributed by atoms with Crippen LogP contribution in [0.3, 0.4) is 0 Å². The molecule has 0 saturated carbocycles. The highest BCUT2D eigenvalue weighted by Crippen LogP contribution is 2.18. The van der Waals surface area contributed by atoms with Gasteiger partial charge in [0, 0.05) is 5.69 Å². The molecule has 0 unspecified atom stereocenters. The largest absolute Gasteiger partial charge is 0.482 e. The molecule has 0 aliphatic heterocycles. The van der Waals surface area contributed by atoms with Crippen molar-refractivity contribution in [2.45, 2.75) is 6.30 Å². The van der Waals surface area contributed by atoms with Crippen molar-refractivity contribution in [1.82, 2.24) is 0 Å². The van der Waals surface area contributed by atoms with Gasteiger partial charge in [0.2, 0.25) is 0 Å². The van der Waals surface area contributed by atoms with Crippen LogP contribution in [0.25, 0.3) is 0 Å². The smallest absolute Gasteiger partial charge is 0.298 e.